The van der Waals surface area contributed by atoms with Crippen molar-refractivity contribution in [3.05, 3.63) is 65.2 Å². The number of ether oxygens (including phenoxy) is 1. The van der Waals surface area contributed by atoms with Crippen LogP contribution in [0.2, 0.25) is 0 Å². The number of hydrogen-bond acceptors (Lipinski definition) is 2. The molecule has 3 nitrogen and oxygen atoms in total. The minimum absolute atomic E-state index is 0.150. The summed E-state index contributed by atoms with van der Waals surface area (Å²) in [6, 6.07) is 9.82. The van der Waals surface area contributed by atoms with Gasteiger partial charge in [0, 0.05) is 6.54 Å². The Morgan fingerprint density at radius 3 is 2.43 bits per heavy atom. The Morgan fingerprint density at radius 2 is 1.76 bits per heavy atom. The van der Waals surface area contributed by atoms with Crippen LogP contribution in [0.3, 0.4) is 0 Å². The van der Waals surface area contributed by atoms with E-state index in [1.165, 1.54) is 31.4 Å². The van der Waals surface area contributed by atoms with Crippen LogP contribution in [0.25, 0.3) is 0 Å². The average Bonchev–Trinajstić information content (AvgIpc) is 2.49. The van der Waals surface area contributed by atoms with Crippen LogP contribution in [0.15, 0.2) is 42.5 Å². The van der Waals surface area contributed by atoms with Crippen LogP contribution in [0.5, 0.6) is 5.75 Å². The minimum Gasteiger partial charge on any atom is -0.496 e. The first kappa shape index (κ1) is 15.0. The van der Waals surface area contributed by atoms with Crippen LogP contribution >= 0.6 is 0 Å². The molecule has 21 heavy (non-hydrogen) atoms. The number of nitrogens with one attached hydrogen (secondary N) is 1. The van der Waals surface area contributed by atoms with Gasteiger partial charge in [-0.1, -0.05) is 12.1 Å². The Morgan fingerprint density at radius 1 is 1.10 bits per heavy atom. The highest BCUT2D eigenvalue weighted by Crippen LogP contribution is 2.19. The molecular weight excluding hydrogens is 276 g/mol. The predicted octanol–water partition coefficient (Wildman–Crippen LogP) is 2.95. The van der Waals surface area contributed by atoms with E-state index in [0.29, 0.717) is 18.7 Å². The molecule has 0 heterocycles. The lowest BCUT2D eigenvalue weighted by Crippen LogP contribution is -2.26. The smallest absolute Gasteiger partial charge is 0.255 e. The molecule has 0 fully saturated rings. The molecule has 0 saturated carbocycles. The summed E-state index contributed by atoms with van der Waals surface area (Å²) in [7, 11) is 1.42. The van der Waals surface area contributed by atoms with Crippen molar-refractivity contribution in [1.29, 1.82) is 0 Å². The minimum atomic E-state index is -0.500. The summed E-state index contributed by atoms with van der Waals surface area (Å²) in [4.78, 5) is 12.0. The lowest BCUT2D eigenvalue weighted by Gasteiger charge is -2.09. The summed E-state index contributed by atoms with van der Waals surface area (Å²) < 4.78 is 31.0. The molecule has 0 radical (unpaired) electrons. The highest BCUT2D eigenvalue weighted by Gasteiger charge is 2.12. The number of hydrogen-bond donors (Lipinski definition) is 1. The van der Waals surface area contributed by atoms with Gasteiger partial charge in [0.1, 0.15) is 17.4 Å². The van der Waals surface area contributed by atoms with Crippen molar-refractivity contribution >= 4 is 5.91 Å². The van der Waals surface area contributed by atoms with Crippen LogP contribution in [0, 0.1) is 11.6 Å². The Kier molecular flexibility index (Phi) is 4.87. The Labute approximate surface area is 121 Å². The van der Waals surface area contributed by atoms with E-state index in [4.69, 9.17) is 4.74 Å². The van der Waals surface area contributed by atoms with Gasteiger partial charge in [-0.15, -0.1) is 0 Å². The summed E-state index contributed by atoms with van der Waals surface area (Å²) in [6.45, 7) is 0.365. The molecule has 0 aliphatic rings. The van der Waals surface area contributed by atoms with E-state index in [2.05, 4.69) is 5.32 Å². The van der Waals surface area contributed by atoms with Crippen LogP contribution in [-0.2, 0) is 6.42 Å². The second-order valence-electron chi connectivity index (χ2n) is 4.48. The van der Waals surface area contributed by atoms with Gasteiger partial charge < -0.3 is 10.1 Å². The molecule has 5 heteroatoms. The molecule has 0 unspecified atom stereocenters. The molecule has 0 aliphatic heterocycles. The van der Waals surface area contributed by atoms with E-state index in [0.717, 1.165) is 11.6 Å². The van der Waals surface area contributed by atoms with Gasteiger partial charge in [0.2, 0.25) is 0 Å². The normalized spacial score (nSPS) is 10.2. The zero-order chi connectivity index (χ0) is 15.2. The third-order valence-corrected chi connectivity index (χ3v) is 3.02. The lowest BCUT2D eigenvalue weighted by atomic mass is 10.1. The first-order valence-corrected chi connectivity index (χ1v) is 6.46. The van der Waals surface area contributed by atoms with Gasteiger partial charge in [0.05, 0.1) is 12.7 Å². The average molecular weight is 291 g/mol. The number of halogens is 2. The van der Waals surface area contributed by atoms with Gasteiger partial charge in [0.25, 0.3) is 5.91 Å². The van der Waals surface area contributed by atoms with Crippen molar-refractivity contribution in [2.24, 2.45) is 0 Å². The molecular formula is C16H15F2NO2. The number of benzene rings is 2. The molecule has 0 atom stereocenters. The van der Waals surface area contributed by atoms with Gasteiger partial charge in [0.15, 0.2) is 0 Å². The Bertz CT molecular complexity index is 627. The third-order valence-electron chi connectivity index (χ3n) is 3.02. The van der Waals surface area contributed by atoms with Crippen molar-refractivity contribution in [1.82, 2.24) is 5.32 Å². The fourth-order valence-corrected chi connectivity index (χ4v) is 1.92. The van der Waals surface area contributed by atoms with Crippen LogP contribution < -0.4 is 10.1 Å². The molecule has 2 aromatic carbocycles. The summed E-state index contributed by atoms with van der Waals surface area (Å²) in [5, 5.41) is 2.68. The van der Waals surface area contributed by atoms with Crippen LogP contribution in [0.1, 0.15) is 15.9 Å². The van der Waals surface area contributed by atoms with E-state index in [-0.39, 0.29) is 11.4 Å². The summed E-state index contributed by atoms with van der Waals surface area (Å²) in [5.41, 5.74) is 1.06. The second kappa shape index (κ2) is 6.83. The fraction of sp³-hybridized carbons (Fsp3) is 0.188. The maximum absolute atomic E-state index is 13.2. The van der Waals surface area contributed by atoms with Crippen LogP contribution in [-0.4, -0.2) is 19.6 Å². The number of carbonyl (C=O) groups excluding carboxylic acids is 1. The van der Waals surface area contributed by atoms with E-state index in [9.17, 15) is 13.6 Å². The summed E-state index contributed by atoms with van der Waals surface area (Å²) in [5.74, 6) is -0.893. The first-order chi connectivity index (χ1) is 10.1. The second-order valence-corrected chi connectivity index (χ2v) is 4.48. The SMILES string of the molecule is COc1ccc(F)cc1C(=O)NCCc1ccc(F)cc1. The molecule has 0 aromatic heterocycles. The zero-order valence-corrected chi connectivity index (χ0v) is 11.5. The standard InChI is InChI=1S/C16H15F2NO2/c1-21-15-7-6-13(18)10-14(15)16(20)19-9-8-11-2-4-12(17)5-3-11/h2-7,10H,8-9H2,1H3,(H,19,20). The zero-order valence-electron chi connectivity index (χ0n) is 11.5. The summed E-state index contributed by atoms with van der Waals surface area (Å²) >= 11 is 0. The maximum atomic E-state index is 13.2. The molecule has 0 bridgehead atoms. The largest absolute Gasteiger partial charge is 0.496 e. The lowest BCUT2D eigenvalue weighted by molar-refractivity contribution is 0.0950. The monoisotopic (exact) mass is 291 g/mol. The highest BCUT2D eigenvalue weighted by atomic mass is 19.1. The molecule has 0 saturated heterocycles. The van der Waals surface area contributed by atoms with E-state index < -0.39 is 11.7 Å². The highest BCUT2D eigenvalue weighted by molar-refractivity contribution is 5.96. The molecule has 110 valence electrons. The molecule has 2 aromatic rings. The van der Waals surface area contributed by atoms with Crippen molar-refractivity contribution < 1.29 is 18.3 Å². The number of amides is 1. The van der Waals surface area contributed by atoms with Gasteiger partial charge in [-0.05, 0) is 42.3 Å². The summed E-state index contributed by atoms with van der Waals surface area (Å²) in [6.07, 6.45) is 0.559. The van der Waals surface area contributed by atoms with Gasteiger partial charge in [-0.3, -0.25) is 4.79 Å². The first-order valence-electron chi connectivity index (χ1n) is 6.46. The number of methoxy groups -OCH3 is 1. The van der Waals surface area contributed by atoms with Crippen molar-refractivity contribution in [3.8, 4) is 5.75 Å². The van der Waals surface area contributed by atoms with E-state index in [1.807, 2.05) is 0 Å². The molecule has 0 spiro atoms. The van der Waals surface area contributed by atoms with Gasteiger partial charge in [-0.25, -0.2) is 8.78 Å². The Hall–Kier alpha value is -2.43. The van der Waals surface area contributed by atoms with Gasteiger partial charge >= 0.3 is 0 Å². The maximum Gasteiger partial charge on any atom is 0.255 e. The van der Waals surface area contributed by atoms with Crippen LogP contribution in [0.4, 0.5) is 8.78 Å². The fourth-order valence-electron chi connectivity index (χ4n) is 1.92. The molecule has 1 amide bonds. The number of carbonyl (C=O) groups is 1. The Balaban J connectivity index is 1.95. The predicted molar refractivity (Wildman–Crippen MR) is 75.4 cm³/mol. The molecule has 1 N–H and O–H groups in total. The quantitative estimate of drug-likeness (QED) is 0.920. The van der Waals surface area contributed by atoms with E-state index >= 15 is 0 Å². The molecule has 0 aliphatic carbocycles. The topological polar surface area (TPSA) is 38.3 Å². The van der Waals surface area contributed by atoms with Gasteiger partial charge in [-0.2, -0.15) is 0 Å². The van der Waals surface area contributed by atoms with Crippen molar-refractivity contribution in [2.75, 3.05) is 13.7 Å². The van der Waals surface area contributed by atoms with Crippen molar-refractivity contribution in [2.45, 2.75) is 6.42 Å². The third kappa shape index (κ3) is 4.02. The van der Waals surface area contributed by atoms with Crippen molar-refractivity contribution in [3.63, 3.8) is 0 Å². The number of rotatable bonds is 5. The molecule has 2 rings (SSSR count). The van der Waals surface area contributed by atoms with E-state index in [1.54, 1.807) is 12.1 Å².